The van der Waals surface area contributed by atoms with Crippen molar-refractivity contribution in [2.24, 2.45) is 11.1 Å². The minimum atomic E-state index is 0.423. The third-order valence-electron chi connectivity index (χ3n) is 4.14. The van der Waals surface area contributed by atoms with Gasteiger partial charge in [-0.2, -0.15) is 0 Å². The molecular formula is C13H28N2. The van der Waals surface area contributed by atoms with Crippen LogP contribution in [0.1, 0.15) is 59.3 Å². The van der Waals surface area contributed by atoms with Crippen molar-refractivity contribution in [3.8, 4) is 0 Å². The van der Waals surface area contributed by atoms with E-state index in [0.717, 1.165) is 18.6 Å². The van der Waals surface area contributed by atoms with Crippen LogP contribution in [0.4, 0.5) is 0 Å². The van der Waals surface area contributed by atoms with Gasteiger partial charge in [0, 0.05) is 12.1 Å². The Labute approximate surface area is 95.0 Å². The van der Waals surface area contributed by atoms with Gasteiger partial charge in [-0.25, -0.2) is 0 Å². The molecular weight excluding hydrogens is 184 g/mol. The van der Waals surface area contributed by atoms with Crippen molar-refractivity contribution in [1.29, 1.82) is 0 Å². The SMILES string of the molecule is CCC(CC)NC1CCC(C)(CN)CC1. The summed E-state index contributed by atoms with van der Waals surface area (Å²) in [5.74, 6) is 0. The molecule has 90 valence electrons. The zero-order chi connectivity index (χ0) is 11.3. The van der Waals surface area contributed by atoms with E-state index in [1.807, 2.05) is 0 Å². The van der Waals surface area contributed by atoms with Crippen molar-refractivity contribution >= 4 is 0 Å². The fourth-order valence-corrected chi connectivity index (χ4v) is 2.54. The molecule has 0 saturated heterocycles. The number of hydrogen-bond acceptors (Lipinski definition) is 2. The maximum absolute atomic E-state index is 5.82. The zero-order valence-corrected chi connectivity index (χ0v) is 10.7. The predicted molar refractivity (Wildman–Crippen MR) is 66.9 cm³/mol. The highest BCUT2D eigenvalue weighted by Crippen LogP contribution is 2.34. The molecule has 3 N–H and O–H groups in total. The van der Waals surface area contributed by atoms with E-state index in [4.69, 9.17) is 5.73 Å². The lowest BCUT2D eigenvalue weighted by molar-refractivity contribution is 0.183. The van der Waals surface area contributed by atoms with E-state index in [9.17, 15) is 0 Å². The summed E-state index contributed by atoms with van der Waals surface area (Å²) in [6.07, 6.45) is 7.71. The van der Waals surface area contributed by atoms with E-state index in [-0.39, 0.29) is 0 Å². The third-order valence-corrected chi connectivity index (χ3v) is 4.14. The molecule has 1 rings (SSSR count). The van der Waals surface area contributed by atoms with Crippen LogP contribution < -0.4 is 11.1 Å². The minimum absolute atomic E-state index is 0.423. The molecule has 0 amide bonds. The Morgan fingerprint density at radius 3 is 2.20 bits per heavy atom. The summed E-state index contributed by atoms with van der Waals surface area (Å²) < 4.78 is 0. The molecule has 0 aromatic rings. The van der Waals surface area contributed by atoms with Crippen molar-refractivity contribution in [3.63, 3.8) is 0 Å². The average molecular weight is 212 g/mol. The van der Waals surface area contributed by atoms with Crippen LogP contribution in [0, 0.1) is 5.41 Å². The first kappa shape index (κ1) is 13.0. The molecule has 0 aromatic carbocycles. The minimum Gasteiger partial charge on any atom is -0.330 e. The lowest BCUT2D eigenvalue weighted by Crippen LogP contribution is -2.43. The summed E-state index contributed by atoms with van der Waals surface area (Å²) in [7, 11) is 0. The van der Waals surface area contributed by atoms with Crippen molar-refractivity contribution in [2.75, 3.05) is 6.54 Å². The molecule has 15 heavy (non-hydrogen) atoms. The second kappa shape index (κ2) is 5.86. The van der Waals surface area contributed by atoms with Crippen LogP contribution in [-0.2, 0) is 0 Å². The third kappa shape index (κ3) is 3.76. The topological polar surface area (TPSA) is 38.0 Å². The monoisotopic (exact) mass is 212 g/mol. The van der Waals surface area contributed by atoms with E-state index in [2.05, 4.69) is 26.1 Å². The van der Waals surface area contributed by atoms with Crippen LogP contribution in [0.25, 0.3) is 0 Å². The van der Waals surface area contributed by atoms with E-state index < -0.39 is 0 Å². The van der Waals surface area contributed by atoms with Crippen LogP contribution in [-0.4, -0.2) is 18.6 Å². The zero-order valence-electron chi connectivity index (χ0n) is 10.7. The molecule has 1 saturated carbocycles. The Kier molecular flexibility index (Phi) is 5.07. The van der Waals surface area contributed by atoms with Gasteiger partial charge in [-0.3, -0.25) is 0 Å². The summed E-state index contributed by atoms with van der Waals surface area (Å²) in [6, 6.07) is 1.46. The van der Waals surface area contributed by atoms with Gasteiger partial charge < -0.3 is 11.1 Å². The van der Waals surface area contributed by atoms with E-state index in [0.29, 0.717) is 5.41 Å². The van der Waals surface area contributed by atoms with E-state index in [1.165, 1.54) is 38.5 Å². The normalized spacial score (nSPS) is 32.2. The van der Waals surface area contributed by atoms with Gasteiger partial charge in [0.25, 0.3) is 0 Å². The second-order valence-corrected chi connectivity index (χ2v) is 5.47. The fraction of sp³-hybridized carbons (Fsp3) is 1.00. The molecule has 0 heterocycles. The highest BCUT2D eigenvalue weighted by atomic mass is 14.9. The van der Waals surface area contributed by atoms with Gasteiger partial charge in [0.1, 0.15) is 0 Å². The first-order valence-corrected chi connectivity index (χ1v) is 6.59. The molecule has 0 unspecified atom stereocenters. The summed E-state index contributed by atoms with van der Waals surface area (Å²) in [4.78, 5) is 0. The lowest BCUT2D eigenvalue weighted by atomic mass is 9.74. The second-order valence-electron chi connectivity index (χ2n) is 5.47. The van der Waals surface area contributed by atoms with Gasteiger partial charge >= 0.3 is 0 Å². The molecule has 0 spiro atoms. The maximum Gasteiger partial charge on any atom is 0.00700 e. The molecule has 2 heteroatoms. The van der Waals surface area contributed by atoms with Crippen molar-refractivity contribution in [2.45, 2.75) is 71.4 Å². The summed E-state index contributed by atoms with van der Waals surface area (Å²) in [6.45, 7) is 7.73. The predicted octanol–water partition coefficient (Wildman–Crippen LogP) is 2.67. The number of hydrogen-bond donors (Lipinski definition) is 2. The Morgan fingerprint density at radius 1 is 1.27 bits per heavy atom. The maximum atomic E-state index is 5.82. The van der Waals surface area contributed by atoms with Gasteiger partial charge in [0.15, 0.2) is 0 Å². The number of nitrogens with one attached hydrogen (secondary N) is 1. The molecule has 1 aliphatic rings. The summed E-state index contributed by atoms with van der Waals surface area (Å²) in [5, 5.41) is 3.78. The van der Waals surface area contributed by atoms with Gasteiger partial charge in [-0.05, 0) is 50.5 Å². The highest BCUT2D eigenvalue weighted by Gasteiger charge is 2.30. The van der Waals surface area contributed by atoms with E-state index >= 15 is 0 Å². The molecule has 1 fully saturated rings. The number of nitrogens with two attached hydrogens (primary N) is 1. The average Bonchev–Trinajstić information content (AvgIpc) is 2.28. The van der Waals surface area contributed by atoms with Gasteiger partial charge in [0.2, 0.25) is 0 Å². The highest BCUT2D eigenvalue weighted by molar-refractivity contribution is 4.86. The van der Waals surface area contributed by atoms with Gasteiger partial charge in [-0.1, -0.05) is 20.8 Å². The standard InChI is InChI=1S/C13H28N2/c1-4-11(5-2)15-12-6-8-13(3,10-14)9-7-12/h11-12,15H,4-10,14H2,1-3H3. The van der Waals surface area contributed by atoms with Gasteiger partial charge in [0.05, 0.1) is 0 Å². The van der Waals surface area contributed by atoms with Crippen LogP contribution in [0.2, 0.25) is 0 Å². The first-order valence-electron chi connectivity index (χ1n) is 6.59. The first-order chi connectivity index (χ1) is 7.13. The fourth-order valence-electron chi connectivity index (χ4n) is 2.54. The number of rotatable bonds is 5. The Bertz CT molecular complexity index is 167. The van der Waals surface area contributed by atoms with Crippen LogP contribution in [0.5, 0.6) is 0 Å². The van der Waals surface area contributed by atoms with Crippen LogP contribution >= 0.6 is 0 Å². The van der Waals surface area contributed by atoms with E-state index in [1.54, 1.807) is 0 Å². The molecule has 0 radical (unpaired) electrons. The van der Waals surface area contributed by atoms with Crippen LogP contribution in [0.15, 0.2) is 0 Å². The molecule has 2 nitrogen and oxygen atoms in total. The Hall–Kier alpha value is -0.0800. The molecule has 0 bridgehead atoms. The smallest absolute Gasteiger partial charge is 0.00700 e. The van der Waals surface area contributed by atoms with Gasteiger partial charge in [-0.15, -0.1) is 0 Å². The van der Waals surface area contributed by atoms with Crippen LogP contribution in [0.3, 0.4) is 0 Å². The Morgan fingerprint density at radius 2 is 1.80 bits per heavy atom. The van der Waals surface area contributed by atoms with Crippen molar-refractivity contribution in [3.05, 3.63) is 0 Å². The lowest BCUT2D eigenvalue weighted by Gasteiger charge is -2.38. The van der Waals surface area contributed by atoms with Crippen molar-refractivity contribution in [1.82, 2.24) is 5.32 Å². The van der Waals surface area contributed by atoms with Crippen molar-refractivity contribution < 1.29 is 0 Å². The summed E-state index contributed by atoms with van der Waals surface area (Å²) >= 11 is 0. The molecule has 0 atom stereocenters. The Balaban J connectivity index is 2.31. The molecule has 0 aromatic heterocycles. The quantitative estimate of drug-likeness (QED) is 0.735. The molecule has 0 aliphatic heterocycles. The summed E-state index contributed by atoms with van der Waals surface area (Å²) in [5.41, 5.74) is 6.24. The molecule has 1 aliphatic carbocycles. The largest absolute Gasteiger partial charge is 0.330 e.